The van der Waals surface area contributed by atoms with E-state index in [0.717, 1.165) is 5.56 Å². The van der Waals surface area contributed by atoms with Gasteiger partial charge < -0.3 is 10.1 Å². The van der Waals surface area contributed by atoms with E-state index >= 15 is 0 Å². The van der Waals surface area contributed by atoms with E-state index in [1.165, 1.54) is 18.9 Å². The zero-order valence-electron chi connectivity index (χ0n) is 18.2. The first kappa shape index (κ1) is 23.5. The molecule has 1 amide bonds. The number of rotatable bonds is 7. The number of hydrogen-bond donors (Lipinski definition) is 1. The molecular formula is C25H20ClN3O4S. The Morgan fingerprint density at radius 1 is 1.06 bits per heavy atom. The van der Waals surface area contributed by atoms with Gasteiger partial charge in [0.1, 0.15) is 0 Å². The number of methoxy groups -OCH3 is 1. The zero-order chi connectivity index (χ0) is 24.1. The molecular weight excluding hydrogens is 474 g/mol. The Bertz CT molecular complexity index is 1420. The molecule has 0 atom stereocenters. The Morgan fingerprint density at radius 2 is 1.82 bits per heavy atom. The lowest BCUT2D eigenvalue weighted by atomic mass is 10.2. The maximum atomic E-state index is 13.2. The average Bonchev–Trinajstić information content (AvgIpc) is 2.85. The molecule has 0 radical (unpaired) electrons. The highest BCUT2D eigenvalue weighted by Gasteiger charge is 2.14. The van der Waals surface area contributed by atoms with E-state index in [2.05, 4.69) is 15.0 Å². The highest BCUT2D eigenvalue weighted by atomic mass is 35.5. The molecule has 4 aromatic rings. The van der Waals surface area contributed by atoms with Crippen molar-refractivity contribution in [3.8, 4) is 0 Å². The molecule has 172 valence electrons. The molecule has 0 unspecified atom stereocenters. The number of amides is 1. The fourth-order valence-corrected chi connectivity index (χ4v) is 4.36. The number of esters is 1. The van der Waals surface area contributed by atoms with Crippen molar-refractivity contribution >= 4 is 51.8 Å². The Labute approximate surface area is 204 Å². The Morgan fingerprint density at radius 3 is 2.56 bits per heavy atom. The molecule has 9 heteroatoms. The molecule has 0 spiro atoms. The van der Waals surface area contributed by atoms with Crippen molar-refractivity contribution in [3.63, 3.8) is 0 Å². The number of carbonyl (C=O) groups is 2. The summed E-state index contributed by atoms with van der Waals surface area (Å²) < 4.78 is 6.23. The van der Waals surface area contributed by atoms with E-state index in [4.69, 9.17) is 11.6 Å². The number of nitrogens with zero attached hydrogens (tertiary/aromatic N) is 2. The van der Waals surface area contributed by atoms with Gasteiger partial charge in [-0.2, -0.15) is 0 Å². The zero-order valence-corrected chi connectivity index (χ0v) is 19.7. The van der Waals surface area contributed by atoms with E-state index in [1.54, 1.807) is 59.2 Å². The van der Waals surface area contributed by atoms with Crippen molar-refractivity contribution in [1.29, 1.82) is 0 Å². The molecule has 0 aliphatic heterocycles. The first-order valence-electron chi connectivity index (χ1n) is 10.3. The number of thioether (sulfide) groups is 1. The summed E-state index contributed by atoms with van der Waals surface area (Å²) in [7, 11) is 1.31. The van der Waals surface area contributed by atoms with E-state index < -0.39 is 5.97 Å². The van der Waals surface area contributed by atoms with Crippen LogP contribution in [-0.2, 0) is 16.1 Å². The lowest BCUT2D eigenvalue weighted by Gasteiger charge is -2.13. The van der Waals surface area contributed by atoms with Crippen LogP contribution in [-0.4, -0.2) is 34.3 Å². The number of ether oxygens (including phenoxy) is 1. The van der Waals surface area contributed by atoms with Gasteiger partial charge in [0.15, 0.2) is 5.16 Å². The van der Waals surface area contributed by atoms with Crippen molar-refractivity contribution in [1.82, 2.24) is 9.55 Å². The molecule has 0 saturated carbocycles. The lowest BCUT2D eigenvalue weighted by Crippen LogP contribution is -2.25. The third kappa shape index (κ3) is 5.47. The molecule has 0 bridgehead atoms. The van der Waals surface area contributed by atoms with Crippen molar-refractivity contribution in [2.24, 2.45) is 0 Å². The van der Waals surface area contributed by atoms with Crippen LogP contribution in [0.4, 0.5) is 5.69 Å². The number of fused-ring (bicyclic) bond motifs is 1. The van der Waals surface area contributed by atoms with Crippen LogP contribution in [0.1, 0.15) is 15.9 Å². The third-order valence-electron chi connectivity index (χ3n) is 4.98. The van der Waals surface area contributed by atoms with E-state index in [0.29, 0.717) is 32.3 Å². The van der Waals surface area contributed by atoms with Crippen LogP contribution in [0.2, 0.25) is 5.02 Å². The van der Waals surface area contributed by atoms with Gasteiger partial charge >= 0.3 is 5.97 Å². The summed E-state index contributed by atoms with van der Waals surface area (Å²) in [5.41, 5.74) is 2.16. The fourth-order valence-electron chi connectivity index (χ4n) is 3.35. The molecule has 0 aliphatic carbocycles. The summed E-state index contributed by atoms with van der Waals surface area (Å²) in [5.74, 6) is -0.681. The second-order valence-corrected chi connectivity index (χ2v) is 8.72. The third-order valence-corrected chi connectivity index (χ3v) is 6.19. The molecule has 1 aromatic heterocycles. The summed E-state index contributed by atoms with van der Waals surface area (Å²) >= 11 is 7.29. The second kappa shape index (κ2) is 10.5. The minimum absolute atomic E-state index is 0.0408. The van der Waals surface area contributed by atoms with Crippen molar-refractivity contribution < 1.29 is 14.3 Å². The van der Waals surface area contributed by atoms with Crippen LogP contribution < -0.4 is 10.9 Å². The average molecular weight is 494 g/mol. The first-order valence-corrected chi connectivity index (χ1v) is 11.7. The molecule has 0 aliphatic rings. The quantitative estimate of drug-likeness (QED) is 0.229. The highest BCUT2D eigenvalue weighted by Crippen LogP contribution is 2.21. The van der Waals surface area contributed by atoms with Crippen molar-refractivity contribution in [2.45, 2.75) is 11.7 Å². The van der Waals surface area contributed by atoms with Crippen LogP contribution in [0.5, 0.6) is 0 Å². The van der Waals surface area contributed by atoms with Gasteiger partial charge in [0, 0.05) is 10.7 Å². The van der Waals surface area contributed by atoms with E-state index in [9.17, 15) is 14.4 Å². The fraction of sp³-hybridized carbons (Fsp3) is 0.120. The summed E-state index contributed by atoms with van der Waals surface area (Å²) in [6.07, 6.45) is 0. The maximum absolute atomic E-state index is 13.2. The van der Waals surface area contributed by atoms with Crippen LogP contribution in [0, 0.1) is 0 Å². The number of nitrogens with one attached hydrogen (secondary N) is 1. The summed E-state index contributed by atoms with van der Waals surface area (Å²) in [4.78, 5) is 42.0. The number of hydrogen-bond acceptors (Lipinski definition) is 6. The van der Waals surface area contributed by atoms with Gasteiger partial charge in [-0.25, -0.2) is 9.78 Å². The van der Waals surface area contributed by atoms with Gasteiger partial charge in [-0.15, -0.1) is 0 Å². The largest absolute Gasteiger partial charge is 0.465 e. The maximum Gasteiger partial charge on any atom is 0.337 e. The Balaban J connectivity index is 1.55. The van der Waals surface area contributed by atoms with Crippen LogP contribution in [0.15, 0.2) is 82.7 Å². The van der Waals surface area contributed by atoms with E-state index in [1.807, 2.05) is 18.2 Å². The Kier molecular flexibility index (Phi) is 7.30. The van der Waals surface area contributed by atoms with Gasteiger partial charge in [0.2, 0.25) is 5.91 Å². The minimum Gasteiger partial charge on any atom is -0.465 e. The first-order chi connectivity index (χ1) is 16.4. The molecule has 1 N–H and O–H groups in total. The molecule has 4 rings (SSSR count). The number of benzene rings is 3. The smallest absolute Gasteiger partial charge is 0.337 e. The predicted molar refractivity (Wildman–Crippen MR) is 134 cm³/mol. The molecule has 3 aromatic carbocycles. The molecule has 34 heavy (non-hydrogen) atoms. The van der Waals surface area contributed by atoms with Crippen LogP contribution >= 0.6 is 23.4 Å². The minimum atomic E-state index is -0.450. The molecule has 1 heterocycles. The van der Waals surface area contributed by atoms with Gasteiger partial charge in [-0.3, -0.25) is 14.2 Å². The van der Waals surface area contributed by atoms with Gasteiger partial charge in [0.05, 0.1) is 35.9 Å². The summed E-state index contributed by atoms with van der Waals surface area (Å²) in [6, 6.07) is 20.8. The molecule has 7 nitrogen and oxygen atoms in total. The topological polar surface area (TPSA) is 90.3 Å². The Hall–Kier alpha value is -3.62. The SMILES string of the molecule is COC(=O)c1ccc(NC(=O)CSc2nc3ccccc3c(=O)n2Cc2cccc(Cl)c2)cc1. The van der Waals surface area contributed by atoms with Crippen molar-refractivity contribution in [3.05, 3.63) is 99.3 Å². The van der Waals surface area contributed by atoms with Gasteiger partial charge in [-0.05, 0) is 54.1 Å². The normalized spacial score (nSPS) is 10.8. The molecule has 0 fully saturated rings. The number of carbonyl (C=O) groups excluding carboxylic acids is 2. The van der Waals surface area contributed by atoms with Crippen LogP contribution in [0.25, 0.3) is 10.9 Å². The highest BCUT2D eigenvalue weighted by molar-refractivity contribution is 7.99. The monoisotopic (exact) mass is 493 g/mol. The number of aromatic nitrogens is 2. The summed E-state index contributed by atoms with van der Waals surface area (Å²) in [6.45, 7) is 0.274. The number of anilines is 1. The second-order valence-electron chi connectivity index (χ2n) is 7.34. The summed E-state index contributed by atoms with van der Waals surface area (Å²) in [5, 5.41) is 4.29. The lowest BCUT2D eigenvalue weighted by molar-refractivity contribution is -0.113. The van der Waals surface area contributed by atoms with Crippen LogP contribution in [0.3, 0.4) is 0 Å². The van der Waals surface area contributed by atoms with Gasteiger partial charge in [0.25, 0.3) is 5.56 Å². The predicted octanol–water partition coefficient (Wildman–Crippen LogP) is 4.62. The van der Waals surface area contributed by atoms with E-state index in [-0.39, 0.29) is 23.8 Å². The van der Waals surface area contributed by atoms with Gasteiger partial charge in [-0.1, -0.05) is 47.6 Å². The standard InChI is InChI=1S/C25H20ClN3O4S/c1-33-24(32)17-9-11-19(12-10-17)27-22(30)15-34-25-28-21-8-3-2-7-20(21)23(31)29(25)14-16-5-4-6-18(26)13-16/h2-13H,14-15H2,1H3,(H,27,30). The number of para-hydroxylation sites is 1. The molecule has 0 saturated heterocycles. The van der Waals surface area contributed by atoms with Crippen molar-refractivity contribution in [2.75, 3.05) is 18.2 Å². The number of halogens is 1.